The Morgan fingerprint density at radius 2 is 2.29 bits per heavy atom. The van der Waals surface area contributed by atoms with Gasteiger partial charge in [-0.2, -0.15) is 18.3 Å². The standard InChI is InChI=1S/C12H11F3N4OS/c13-12(14,15)9-4-7(8-2-1-3-21-8)18-11-6(10(16)20)5-17-19(9)11/h1-3,5,7,9,18H,4H2,(H2,16,20). The zero-order valence-corrected chi connectivity index (χ0v) is 11.4. The Morgan fingerprint density at radius 3 is 2.86 bits per heavy atom. The van der Waals surface area contributed by atoms with Crippen molar-refractivity contribution in [1.82, 2.24) is 9.78 Å². The molecule has 0 bridgehead atoms. The first-order valence-corrected chi connectivity index (χ1v) is 7.00. The molecule has 1 aliphatic rings. The minimum Gasteiger partial charge on any atom is -0.365 e. The molecule has 3 heterocycles. The topological polar surface area (TPSA) is 72.9 Å². The maximum Gasteiger partial charge on any atom is 0.410 e. The van der Waals surface area contributed by atoms with Crippen LogP contribution in [0, 0.1) is 0 Å². The molecule has 0 aliphatic carbocycles. The van der Waals surface area contributed by atoms with Gasteiger partial charge in [-0.25, -0.2) is 4.68 Å². The van der Waals surface area contributed by atoms with E-state index in [1.54, 1.807) is 17.5 Å². The van der Waals surface area contributed by atoms with Crippen molar-refractivity contribution in [2.45, 2.75) is 24.7 Å². The number of hydrogen-bond acceptors (Lipinski definition) is 4. The first kappa shape index (κ1) is 13.9. The summed E-state index contributed by atoms with van der Waals surface area (Å²) in [6.45, 7) is 0. The average molecular weight is 316 g/mol. The van der Waals surface area contributed by atoms with Gasteiger partial charge in [-0.1, -0.05) is 6.07 Å². The van der Waals surface area contributed by atoms with Crippen LogP contribution in [-0.4, -0.2) is 21.9 Å². The van der Waals surface area contributed by atoms with Gasteiger partial charge in [0.2, 0.25) is 0 Å². The zero-order valence-electron chi connectivity index (χ0n) is 10.6. The molecule has 0 fully saturated rings. The Balaban J connectivity index is 2.07. The second kappa shape index (κ2) is 4.76. The number of thiophene rings is 1. The fourth-order valence-corrected chi connectivity index (χ4v) is 3.21. The summed E-state index contributed by atoms with van der Waals surface area (Å²) in [5.41, 5.74) is 5.15. The van der Waals surface area contributed by atoms with Crippen LogP contribution < -0.4 is 11.1 Å². The number of rotatable bonds is 2. The highest BCUT2D eigenvalue weighted by Gasteiger charge is 2.47. The Bertz CT molecular complexity index is 665. The summed E-state index contributed by atoms with van der Waals surface area (Å²) in [7, 11) is 0. The SMILES string of the molecule is NC(=O)c1cnn2c1NC(c1cccs1)CC2C(F)(F)F. The number of fused-ring (bicyclic) bond motifs is 1. The van der Waals surface area contributed by atoms with E-state index in [1.807, 2.05) is 0 Å². The molecule has 0 saturated heterocycles. The Labute approximate surface area is 121 Å². The predicted molar refractivity (Wildman–Crippen MR) is 71.1 cm³/mol. The van der Waals surface area contributed by atoms with Crippen LogP contribution in [0.15, 0.2) is 23.7 Å². The molecule has 0 spiro atoms. The number of nitrogens with one attached hydrogen (secondary N) is 1. The lowest BCUT2D eigenvalue weighted by atomic mass is 10.0. The van der Waals surface area contributed by atoms with E-state index < -0.39 is 24.2 Å². The van der Waals surface area contributed by atoms with Crippen LogP contribution in [0.5, 0.6) is 0 Å². The third-order valence-corrected chi connectivity index (χ3v) is 4.38. The molecule has 2 atom stereocenters. The molecule has 1 aliphatic heterocycles. The highest BCUT2D eigenvalue weighted by atomic mass is 32.1. The quantitative estimate of drug-likeness (QED) is 0.894. The number of amides is 1. The van der Waals surface area contributed by atoms with Gasteiger partial charge in [0, 0.05) is 11.3 Å². The molecule has 3 rings (SSSR count). The van der Waals surface area contributed by atoms with Gasteiger partial charge >= 0.3 is 6.18 Å². The lowest BCUT2D eigenvalue weighted by molar-refractivity contribution is -0.173. The van der Waals surface area contributed by atoms with Crippen molar-refractivity contribution >= 4 is 23.1 Å². The van der Waals surface area contributed by atoms with E-state index in [0.29, 0.717) is 0 Å². The normalized spacial score (nSPS) is 21.7. The number of carbonyl (C=O) groups is 1. The lowest BCUT2D eigenvalue weighted by Gasteiger charge is -2.33. The summed E-state index contributed by atoms with van der Waals surface area (Å²) < 4.78 is 40.5. The maximum absolute atomic E-state index is 13.2. The monoisotopic (exact) mass is 316 g/mol. The summed E-state index contributed by atoms with van der Waals surface area (Å²) in [5.74, 6) is -0.786. The molecule has 112 valence electrons. The van der Waals surface area contributed by atoms with Crippen molar-refractivity contribution in [3.8, 4) is 0 Å². The number of alkyl halides is 3. The second-order valence-corrected chi connectivity index (χ2v) is 5.70. The number of carbonyl (C=O) groups excluding carboxylic acids is 1. The molecule has 0 aromatic carbocycles. The van der Waals surface area contributed by atoms with Crippen LogP contribution in [-0.2, 0) is 0 Å². The summed E-state index contributed by atoms with van der Waals surface area (Å²) in [6.07, 6.45) is -3.57. The first-order valence-electron chi connectivity index (χ1n) is 6.12. The molecule has 2 aromatic heterocycles. The van der Waals surface area contributed by atoms with Crippen molar-refractivity contribution in [2.75, 3.05) is 5.32 Å². The third-order valence-electron chi connectivity index (χ3n) is 3.39. The van der Waals surface area contributed by atoms with E-state index in [1.165, 1.54) is 11.3 Å². The number of nitrogens with two attached hydrogens (primary N) is 1. The molecule has 1 amide bonds. The third kappa shape index (κ3) is 2.37. The minimum absolute atomic E-state index is 0.0227. The van der Waals surface area contributed by atoms with Crippen LogP contribution in [0.4, 0.5) is 19.0 Å². The number of anilines is 1. The molecule has 0 radical (unpaired) electrons. The highest BCUT2D eigenvalue weighted by Crippen LogP contribution is 2.44. The van der Waals surface area contributed by atoms with Crippen molar-refractivity contribution < 1.29 is 18.0 Å². The van der Waals surface area contributed by atoms with Gasteiger partial charge in [-0.3, -0.25) is 4.79 Å². The van der Waals surface area contributed by atoms with Gasteiger partial charge in [-0.15, -0.1) is 11.3 Å². The van der Waals surface area contributed by atoms with Crippen molar-refractivity contribution in [2.24, 2.45) is 5.73 Å². The van der Waals surface area contributed by atoms with E-state index in [2.05, 4.69) is 10.4 Å². The maximum atomic E-state index is 13.2. The van der Waals surface area contributed by atoms with E-state index in [4.69, 9.17) is 5.73 Å². The summed E-state index contributed by atoms with van der Waals surface area (Å²) in [5, 5.41) is 8.41. The number of halogens is 3. The van der Waals surface area contributed by atoms with Crippen LogP contribution in [0.1, 0.15) is 33.7 Å². The molecule has 9 heteroatoms. The van der Waals surface area contributed by atoms with Crippen LogP contribution in [0.25, 0.3) is 0 Å². The molecular formula is C12H11F3N4OS. The Hall–Kier alpha value is -2.03. The van der Waals surface area contributed by atoms with Crippen LogP contribution in [0.3, 0.4) is 0 Å². The van der Waals surface area contributed by atoms with Gasteiger partial charge in [0.15, 0.2) is 6.04 Å². The molecular weight excluding hydrogens is 305 g/mol. The number of primary amides is 1. The molecule has 5 nitrogen and oxygen atoms in total. The number of aromatic nitrogens is 2. The molecule has 3 N–H and O–H groups in total. The summed E-state index contributed by atoms with van der Waals surface area (Å²) >= 11 is 1.36. The van der Waals surface area contributed by atoms with E-state index in [9.17, 15) is 18.0 Å². The van der Waals surface area contributed by atoms with E-state index in [-0.39, 0.29) is 17.8 Å². The number of nitrogens with zero attached hydrogens (tertiary/aromatic N) is 2. The lowest BCUT2D eigenvalue weighted by Crippen LogP contribution is -2.36. The first-order chi connectivity index (χ1) is 9.88. The van der Waals surface area contributed by atoms with Gasteiger partial charge < -0.3 is 11.1 Å². The number of hydrogen-bond donors (Lipinski definition) is 2. The van der Waals surface area contributed by atoms with Crippen molar-refractivity contribution in [3.05, 3.63) is 34.2 Å². The van der Waals surface area contributed by atoms with E-state index >= 15 is 0 Å². The smallest absolute Gasteiger partial charge is 0.365 e. The molecule has 21 heavy (non-hydrogen) atoms. The molecule has 0 saturated carbocycles. The van der Waals surface area contributed by atoms with Gasteiger partial charge in [-0.05, 0) is 11.4 Å². The van der Waals surface area contributed by atoms with Gasteiger partial charge in [0.05, 0.1) is 12.2 Å². The average Bonchev–Trinajstić information content (AvgIpc) is 3.05. The summed E-state index contributed by atoms with van der Waals surface area (Å²) in [6, 6.07) is 1.21. The van der Waals surface area contributed by atoms with Crippen LogP contribution >= 0.6 is 11.3 Å². The highest BCUT2D eigenvalue weighted by molar-refractivity contribution is 7.10. The van der Waals surface area contributed by atoms with Crippen molar-refractivity contribution in [1.29, 1.82) is 0 Å². The van der Waals surface area contributed by atoms with Gasteiger partial charge in [0.1, 0.15) is 11.4 Å². The Morgan fingerprint density at radius 1 is 1.52 bits per heavy atom. The fourth-order valence-electron chi connectivity index (χ4n) is 2.42. The van der Waals surface area contributed by atoms with Crippen molar-refractivity contribution in [3.63, 3.8) is 0 Å². The second-order valence-electron chi connectivity index (χ2n) is 4.72. The molecule has 2 unspecified atom stereocenters. The Kier molecular flexibility index (Phi) is 3.16. The van der Waals surface area contributed by atoms with E-state index in [0.717, 1.165) is 15.8 Å². The zero-order chi connectivity index (χ0) is 15.2. The van der Waals surface area contributed by atoms with Gasteiger partial charge in [0.25, 0.3) is 5.91 Å². The largest absolute Gasteiger partial charge is 0.410 e. The molecule has 2 aromatic rings. The summed E-state index contributed by atoms with van der Waals surface area (Å²) in [4.78, 5) is 12.1. The van der Waals surface area contributed by atoms with Crippen LogP contribution in [0.2, 0.25) is 0 Å². The minimum atomic E-state index is -4.45. The fraction of sp³-hybridized carbons (Fsp3) is 0.333. The predicted octanol–water partition coefficient (Wildman–Crippen LogP) is 2.70.